The molecule has 0 aliphatic heterocycles. The Kier molecular flexibility index (Phi) is 2.20. The van der Waals surface area contributed by atoms with Gasteiger partial charge in [-0.05, 0) is 13.3 Å². The molecule has 0 amide bonds. The molecule has 0 bridgehead atoms. The number of nitrogens with two attached hydrogens (primary N) is 1. The Bertz CT molecular complexity index is 444. The van der Waals surface area contributed by atoms with Gasteiger partial charge in [0.25, 0.3) is 0 Å². The third-order valence-corrected chi connectivity index (χ3v) is 2.84. The van der Waals surface area contributed by atoms with Crippen molar-refractivity contribution in [2.24, 2.45) is 0 Å². The van der Waals surface area contributed by atoms with Gasteiger partial charge < -0.3 is 5.73 Å². The largest absolute Gasteiger partial charge is 0.383 e. The molecule has 0 spiro atoms. The molecule has 14 heavy (non-hydrogen) atoms. The van der Waals surface area contributed by atoms with Crippen molar-refractivity contribution < 1.29 is 0 Å². The predicted molar refractivity (Wildman–Crippen MR) is 55.6 cm³/mol. The average Bonchev–Trinajstić information content (AvgIpc) is 2.71. The van der Waals surface area contributed by atoms with Crippen LogP contribution in [0.3, 0.4) is 0 Å². The number of rotatable bonds is 2. The summed E-state index contributed by atoms with van der Waals surface area (Å²) >= 11 is 1.51. The van der Waals surface area contributed by atoms with Crippen molar-refractivity contribution >= 4 is 17.2 Å². The van der Waals surface area contributed by atoms with Crippen molar-refractivity contribution in [3.05, 3.63) is 16.8 Å². The second kappa shape index (κ2) is 3.38. The SMILES string of the molecule is CCc1nnc(-n2nc(C)cc2N)s1. The number of anilines is 1. The van der Waals surface area contributed by atoms with Gasteiger partial charge in [-0.25, -0.2) is 0 Å². The second-order valence-corrected chi connectivity index (χ2v) is 3.99. The lowest BCUT2D eigenvalue weighted by molar-refractivity contribution is 0.836. The van der Waals surface area contributed by atoms with Crippen molar-refractivity contribution in [3.8, 4) is 5.13 Å². The molecule has 0 saturated carbocycles. The van der Waals surface area contributed by atoms with Gasteiger partial charge in [0, 0.05) is 6.07 Å². The zero-order valence-corrected chi connectivity index (χ0v) is 8.88. The summed E-state index contributed by atoms with van der Waals surface area (Å²) in [6, 6.07) is 1.81. The third kappa shape index (κ3) is 1.48. The van der Waals surface area contributed by atoms with E-state index >= 15 is 0 Å². The minimum absolute atomic E-state index is 0.598. The first-order chi connectivity index (χ1) is 6.70. The van der Waals surface area contributed by atoms with Crippen molar-refractivity contribution in [2.45, 2.75) is 20.3 Å². The molecule has 2 heterocycles. The second-order valence-electron chi connectivity index (χ2n) is 2.95. The Balaban J connectivity index is 2.43. The summed E-state index contributed by atoms with van der Waals surface area (Å²) in [7, 11) is 0. The standard InChI is InChI=1S/C8H11N5S/c1-3-7-10-11-8(14-7)13-6(9)4-5(2)12-13/h4H,3,9H2,1-2H3. The zero-order valence-electron chi connectivity index (χ0n) is 8.06. The van der Waals surface area contributed by atoms with Crippen molar-refractivity contribution in [1.82, 2.24) is 20.0 Å². The van der Waals surface area contributed by atoms with Crippen LogP contribution in [0.2, 0.25) is 0 Å². The lowest BCUT2D eigenvalue weighted by atomic mass is 10.5. The molecule has 2 aromatic heterocycles. The van der Waals surface area contributed by atoms with Gasteiger partial charge in [-0.1, -0.05) is 18.3 Å². The maximum Gasteiger partial charge on any atom is 0.234 e. The van der Waals surface area contributed by atoms with E-state index in [1.54, 1.807) is 4.68 Å². The van der Waals surface area contributed by atoms with Gasteiger partial charge in [0.1, 0.15) is 10.8 Å². The van der Waals surface area contributed by atoms with E-state index in [0.29, 0.717) is 5.82 Å². The monoisotopic (exact) mass is 209 g/mol. The van der Waals surface area contributed by atoms with E-state index in [1.165, 1.54) is 11.3 Å². The lowest BCUT2D eigenvalue weighted by Crippen LogP contribution is -2.00. The highest BCUT2D eigenvalue weighted by molar-refractivity contribution is 7.13. The van der Waals surface area contributed by atoms with Gasteiger partial charge in [-0.3, -0.25) is 0 Å². The maximum absolute atomic E-state index is 5.76. The summed E-state index contributed by atoms with van der Waals surface area (Å²) in [5.74, 6) is 0.598. The third-order valence-electron chi connectivity index (χ3n) is 1.80. The molecule has 2 rings (SSSR count). The van der Waals surface area contributed by atoms with E-state index in [2.05, 4.69) is 15.3 Å². The number of nitrogen functional groups attached to an aromatic ring is 1. The molecule has 0 radical (unpaired) electrons. The van der Waals surface area contributed by atoms with Gasteiger partial charge in [0.15, 0.2) is 0 Å². The fraction of sp³-hybridized carbons (Fsp3) is 0.375. The summed E-state index contributed by atoms with van der Waals surface area (Å²) in [4.78, 5) is 0. The highest BCUT2D eigenvalue weighted by Gasteiger charge is 2.09. The average molecular weight is 209 g/mol. The van der Waals surface area contributed by atoms with Crippen LogP contribution < -0.4 is 5.73 Å². The minimum atomic E-state index is 0.598. The summed E-state index contributed by atoms with van der Waals surface area (Å²) < 4.78 is 1.62. The van der Waals surface area contributed by atoms with Crippen molar-refractivity contribution in [2.75, 3.05) is 5.73 Å². The number of hydrogen-bond acceptors (Lipinski definition) is 5. The molecule has 0 aliphatic carbocycles. The maximum atomic E-state index is 5.76. The zero-order chi connectivity index (χ0) is 10.1. The summed E-state index contributed by atoms with van der Waals surface area (Å²) in [5.41, 5.74) is 6.65. The molecule has 0 aromatic carbocycles. The van der Waals surface area contributed by atoms with Gasteiger partial charge in [0.2, 0.25) is 5.13 Å². The fourth-order valence-corrected chi connectivity index (χ4v) is 1.90. The molecule has 0 saturated heterocycles. The van der Waals surface area contributed by atoms with Gasteiger partial charge in [0.05, 0.1) is 5.69 Å². The molecule has 2 aromatic rings. The Morgan fingerprint density at radius 3 is 2.79 bits per heavy atom. The van der Waals surface area contributed by atoms with Crippen LogP contribution in [0, 0.1) is 6.92 Å². The van der Waals surface area contributed by atoms with E-state index in [-0.39, 0.29) is 0 Å². The van der Waals surface area contributed by atoms with Gasteiger partial charge >= 0.3 is 0 Å². The summed E-state index contributed by atoms with van der Waals surface area (Å²) in [6.45, 7) is 3.94. The van der Waals surface area contributed by atoms with E-state index in [0.717, 1.165) is 22.3 Å². The highest BCUT2D eigenvalue weighted by Crippen LogP contribution is 2.18. The van der Waals surface area contributed by atoms with Crippen LogP contribution >= 0.6 is 11.3 Å². The minimum Gasteiger partial charge on any atom is -0.383 e. The van der Waals surface area contributed by atoms with Crippen LogP contribution in [0.25, 0.3) is 5.13 Å². The van der Waals surface area contributed by atoms with E-state index < -0.39 is 0 Å². The first-order valence-electron chi connectivity index (χ1n) is 4.35. The predicted octanol–water partition coefficient (Wildman–Crippen LogP) is 1.18. The van der Waals surface area contributed by atoms with Crippen LogP contribution in [0.5, 0.6) is 0 Å². The smallest absolute Gasteiger partial charge is 0.234 e. The van der Waals surface area contributed by atoms with Gasteiger partial charge in [-0.15, -0.1) is 10.2 Å². The molecule has 2 N–H and O–H groups in total. The first-order valence-corrected chi connectivity index (χ1v) is 5.17. The Morgan fingerprint density at radius 1 is 1.50 bits per heavy atom. The molecule has 74 valence electrons. The molecule has 6 heteroatoms. The number of nitrogens with zero attached hydrogens (tertiary/aromatic N) is 4. The Labute approximate surface area is 85.6 Å². The molecule has 0 aliphatic rings. The van der Waals surface area contributed by atoms with Crippen molar-refractivity contribution in [3.63, 3.8) is 0 Å². The first kappa shape index (κ1) is 9.14. The Hall–Kier alpha value is -1.43. The Morgan fingerprint density at radius 2 is 2.29 bits per heavy atom. The summed E-state index contributed by atoms with van der Waals surface area (Å²) in [5, 5.41) is 14.0. The van der Waals surface area contributed by atoms with E-state index in [1.807, 2.05) is 19.9 Å². The van der Waals surface area contributed by atoms with Crippen molar-refractivity contribution in [1.29, 1.82) is 0 Å². The van der Waals surface area contributed by atoms with Gasteiger partial charge in [-0.2, -0.15) is 9.78 Å². The normalized spacial score (nSPS) is 10.7. The number of aromatic nitrogens is 4. The van der Waals surface area contributed by atoms with Crippen LogP contribution in [0.15, 0.2) is 6.07 Å². The number of hydrogen-bond donors (Lipinski definition) is 1. The van der Waals surface area contributed by atoms with Crippen LogP contribution in [-0.4, -0.2) is 20.0 Å². The molecular formula is C8H11N5S. The van der Waals surface area contributed by atoms with Crippen LogP contribution in [0.4, 0.5) is 5.82 Å². The molecule has 5 nitrogen and oxygen atoms in total. The lowest BCUT2D eigenvalue weighted by Gasteiger charge is -1.95. The fourth-order valence-electron chi connectivity index (χ4n) is 1.15. The quantitative estimate of drug-likeness (QED) is 0.806. The topological polar surface area (TPSA) is 69.6 Å². The molecule has 0 fully saturated rings. The molecule has 0 unspecified atom stereocenters. The highest BCUT2D eigenvalue weighted by atomic mass is 32.1. The number of aryl methyl sites for hydroxylation is 2. The molecule has 0 atom stereocenters. The van der Waals surface area contributed by atoms with Crippen LogP contribution in [0.1, 0.15) is 17.6 Å². The van der Waals surface area contributed by atoms with E-state index in [4.69, 9.17) is 5.73 Å². The summed E-state index contributed by atoms with van der Waals surface area (Å²) in [6.07, 6.45) is 0.887. The molecular weight excluding hydrogens is 198 g/mol. The van der Waals surface area contributed by atoms with E-state index in [9.17, 15) is 0 Å². The van der Waals surface area contributed by atoms with Crippen LogP contribution in [-0.2, 0) is 6.42 Å².